The Hall–Kier alpha value is -1.25. The summed E-state index contributed by atoms with van der Waals surface area (Å²) >= 11 is 12.0. The standard InChI is InChI=1S/C14H12Cl2FN/c1-9-13(17)3-2-4-14(9)18-8-10-7-11(15)5-6-12(10)16/h2-7,18H,8H2,1H3. The van der Waals surface area contributed by atoms with E-state index in [1.165, 1.54) is 6.07 Å². The highest BCUT2D eigenvalue weighted by molar-refractivity contribution is 6.33. The fraction of sp³-hybridized carbons (Fsp3) is 0.143. The molecule has 0 aliphatic rings. The van der Waals surface area contributed by atoms with Gasteiger partial charge in [-0.1, -0.05) is 29.3 Å². The molecule has 0 atom stereocenters. The van der Waals surface area contributed by atoms with E-state index in [-0.39, 0.29) is 5.82 Å². The van der Waals surface area contributed by atoms with E-state index in [0.29, 0.717) is 22.2 Å². The van der Waals surface area contributed by atoms with E-state index < -0.39 is 0 Å². The maximum atomic E-state index is 13.4. The third-order valence-corrected chi connectivity index (χ3v) is 3.35. The zero-order valence-corrected chi connectivity index (χ0v) is 11.3. The lowest BCUT2D eigenvalue weighted by Crippen LogP contribution is -2.02. The van der Waals surface area contributed by atoms with Gasteiger partial charge in [0.25, 0.3) is 0 Å². The quantitative estimate of drug-likeness (QED) is 0.831. The predicted octanol–water partition coefficient (Wildman–Crippen LogP) is 5.05. The van der Waals surface area contributed by atoms with Crippen LogP contribution in [-0.4, -0.2) is 0 Å². The Morgan fingerprint density at radius 2 is 1.94 bits per heavy atom. The molecule has 1 nitrogen and oxygen atoms in total. The normalized spacial score (nSPS) is 10.4. The van der Waals surface area contributed by atoms with Crippen molar-refractivity contribution in [1.82, 2.24) is 0 Å². The molecule has 0 aromatic heterocycles. The van der Waals surface area contributed by atoms with Crippen molar-refractivity contribution >= 4 is 28.9 Å². The van der Waals surface area contributed by atoms with Gasteiger partial charge in [-0.05, 0) is 42.8 Å². The molecule has 0 heterocycles. The second-order valence-electron chi connectivity index (χ2n) is 4.00. The molecule has 1 N–H and O–H groups in total. The molecular weight excluding hydrogens is 272 g/mol. The molecule has 0 saturated heterocycles. The number of hydrogen-bond acceptors (Lipinski definition) is 1. The number of benzene rings is 2. The van der Waals surface area contributed by atoms with Crippen LogP contribution in [0.4, 0.5) is 10.1 Å². The predicted molar refractivity (Wildman–Crippen MR) is 74.9 cm³/mol. The molecule has 0 radical (unpaired) electrons. The average molecular weight is 284 g/mol. The van der Waals surface area contributed by atoms with Crippen molar-refractivity contribution in [3.8, 4) is 0 Å². The van der Waals surface area contributed by atoms with Gasteiger partial charge < -0.3 is 5.32 Å². The molecule has 0 saturated carbocycles. The Morgan fingerprint density at radius 3 is 2.72 bits per heavy atom. The van der Waals surface area contributed by atoms with Gasteiger partial charge in [0, 0.05) is 27.8 Å². The lowest BCUT2D eigenvalue weighted by molar-refractivity contribution is 0.619. The van der Waals surface area contributed by atoms with E-state index in [0.717, 1.165) is 11.3 Å². The molecule has 0 bridgehead atoms. The summed E-state index contributed by atoms with van der Waals surface area (Å²) in [6.07, 6.45) is 0. The van der Waals surface area contributed by atoms with Crippen molar-refractivity contribution in [3.63, 3.8) is 0 Å². The highest BCUT2D eigenvalue weighted by Crippen LogP contribution is 2.23. The second-order valence-corrected chi connectivity index (χ2v) is 4.85. The summed E-state index contributed by atoms with van der Waals surface area (Å²) in [6.45, 7) is 2.24. The van der Waals surface area contributed by atoms with Gasteiger partial charge >= 0.3 is 0 Å². The van der Waals surface area contributed by atoms with E-state index in [4.69, 9.17) is 23.2 Å². The molecule has 0 unspecified atom stereocenters. The molecule has 94 valence electrons. The minimum Gasteiger partial charge on any atom is -0.381 e. The maximum absolute atomic E-state index is 13.4. The van der Waals surface area contributed by atoms with Gasteiger partial charge in [-0.25, -0.2) is 4.39 Å². The van der Waals surface area contributed by atoms with Crippen molar-refractivity contribution in [2.24, 2.45) is 0 Å². The zero-order chi connectivity index (χ0) is 13.1. The van der Waals surface area contributed by atoms with Crippen LogP contribution in [0.15, 0.2) is 36.4 Å². The Labute approximate surface area is 116 Å². The molecule has 18 heavy (non-hydrogen) atoms. The number of halogens is 3. The molecule has 4 heteroatoms. The summed E-state index contributed by atoms with van der Waals surface area (Å²) in [7, 11) is 0. The molecule has 2 rings (SSSR count). The topological polar surface area (TPSA) is 12.0 Å². The van der Waals surface area contributed by atoms with Crippen LogP contribution < -0.4 is 5.32 Å². The molecule has 0 aliphatic heterocycles. The van der Waals surface area contributed by atoms with Gasteiger partial charge in [0.05, 0.1) is 0 Å². The van der Waals surface area contributed by atoms with Crippen LogP contribution in [0.25, 0.3) is 0 Å². The van der Waals surface area contributed by atoms with Gasteiger partial charge in [0.1, 0.15) is 5.82 Å². The largest absolute Gasteiger partial charge is 0.381 e. The highest BCUT2D eigenvalue weighted by Gasteiger charge is 2.05. The Morgan fingerprint density at radius 1 is 1.17 bits per heavy atom. The summed E-state index contributed by atoms with van der Waals surface area (Å²) in [5.74, 6) is -0.225. The second kappa shape index (κ2) is 5.59. The fourth-order valence-corrected chi connectivity index (χ4v) is 2.05. The van der Waals surface area contributed by atoms with E-state index >= 15 is 0 Å². The summed E-state index contributed by atoms with van der Waals surface area (Å²) in [5, 5.41) is 4.43. The zero-order valence-electron chi connectivity index (χ0n) is 9.81. The monoisotopic (exact) mass is 283 g/mol. The third kappa shape index (κ3) is 2.95. The summed E-state index contributed by atoms with van der Waals surface area (Å²) in [6, 6.07) is 10.2. The summed E-state index contributed by atoms with van der Waals surface area (Å²) < 4.78 is 13.4. The van der Waals surface area contributed by atoms with Crippen molar-refractivity contribution in [3.05, 3.63) is 63.4 Å². The van der Waals surface area contributed by atoms with Crippen molar-refractivity contribution < 1.29 is 4.39 Å². The first-order valence-electron chi connectivity index (χ1n) is 5.51. The van der Waals surface area contributed by atoms with Crippen LogP contribution in [0.2, 0.25) is 10.0 Å². The molecule has 0 fully saturated rings. The lowest BCUT2D eigenvalue weighted by atomic mass is 10.1. The van der Waals surface area contributed by atoms with Crippen LogP contribution in [0.5, 0.6) is 0 Å². The smallest absolute Gasteiger partial charge is 0.128 e. The molecule has 0 amide bonds. The number of rotatable bonds is 3. The molecular formula is C14H12Cl2FN. The van der Waals surface area contributed by atoms with Gasteiger partial charge in [-0.2, -0.15) is 0 Å². The van der Waals surface area contributed by atoms with Crippen molar-refractivity contribution in [2.45, 2.75) is 13.5 Å². The first kappa shape index (κ1) is 13.2. The molecule has 2 aromatic carbocycles. The maximum Gasteiger partial charge on any atom is 0.128 e. The minimum atomic E-state index is -0.225. The number of nitrogens with one attached hydrogen (secondary N) is 1. The summed E-state index contributed by atoms with van der Waals surface area (Å²) in [5.41, 5.74) is 2.23. The molecule has 2 aromatic rings. The van der Waals surface area contributed by atoms with Crippen LogP contribution in [0, 0.1) is 12.7 Å². The van der Waals surface area contributed by atoms with Gasteiger partial charge in [0.2, 0.25) is 0 Å². The van der Waals surface area contributed by atoms with Gasteiger partial charge in [0.15, 0.2) is 0 Å². The first-order chi connectivity index (χ1) is 8.58. The van der Waals surface area contributed by atoms with Crippen molar-refractivity contribution in [2.75, 3.05) is 5.32 Å². The van der Waals surface area contributed by atoms with Crippen LogP contribution >= 0.6 is 23.2 Å². The molecule has 0 aliphatic carbocycles. The lowest BCUT2D eigenvalue weighted by Gasteiger charge is -2.11. The first-order valence-corrected chi connectivity index (χ1v) is 6.26. The van der Waals surface area contributed by atoms with E-state index in [9.17, 15) is 4.39 Å². The van der Waals surface area contributed by atoms with Gasteiger partial charge in [-0.3, -0.25) is 0 Å². The average Bonchev–Trinajstić information content (AvgIpc) is 2.35. The van der Waals surface area contributed by atoms with E-state index in [1.807, 2.05) is 6.07 Å². The van der Waals surface area contributed by atoms with Crippen molar-refractivity contribution in [1.29, 1.82) is 0 Å². The van der Waals surface area contributed by atoms with E-state index in [2.05, 4.69) is 5.32 Å². The minimum absolute atomic E-state index is 0.225. The third-order valence-electron chi connectivity index (χ3n) is 2.74. The van der Waals surface area contributed by atoms with E-state index in [1.54, 1.807) is 31.2 Å². The Bertz CT molecular complexity index is 568. The number of hydrogen-bond donors (Lipinski definition) is 1. The summed E-state index contributed by atoms with van der Waals surface area (Å²) in [4.78, 5) is 0. The van der Waals surface area contributed by atoms with Crippen LogP contribution in [0.1, 0.15) is 11.1 Å². The Balaban J connectivity index is 2.16. The Kier molecular flexibility index (Phi) is 4.10. The van der Waals surface area contributed by atoms with Crippen LogP contribution in [0.3, 0.4) is 0 Å². The highest BCUT2D eigenvalue weighted by atomic mass is 35.5. The molecule has 0 spiro atoms. The number of anilines is 1. The SMILES string of the molecule is Cc1c(F)cccc1NCc1cc(Cl)ccc1Cl. The van der Waals surface area contributed by atoms with Gasteiger partial charge in [-0.15, -0.1) is 0 Å². The fourth-order valence-electron chi connectivity index (χ4n) is 1.67. The van der Waals surface area contributed by atoms with Crippen LogP contribution in [-0.2, 0) is 6.54 Å².